The smallest absolute Gasteiger partial charge is 0.0641 e. The second kappa shape index (κ2) is 10.6. The van der Waals surface area contributed by atoms with Gasteiger partial charge in [-0.3, -0.25) is 0 Å². The minimum absolute atomic E-state index is 0.374. The SMILES string of the molecule is CCOCCN(CCOCC)c1ccc(C(C)NC)cc1. The van der Waals surface area contributed by atoms with Gasteiger partial charge in [0, 0.05) is 38.0 Å². The lowest BCUT2D eigenvalue weighted by Crippen LogP contribution is -2.31. The number of nitrogens with one attached hydrogen (secondary N) is 1. The highest BCUT2D eigenvalue weighted by atomic mass is 16.5. The first-order valence-electron chi connectivity index (χ1n) is 7.90. The number of benzene rings is 1. The van der Waals surface area contributed by atoms with Gasteiger partial charge in [0.15, 0.2) is 0 Å². The molecule has 1 atom stereocenters. The maximum atomic E-state index is 5.48. The van der Waals surface area contributed by atoms with Crippen molar-refractivity contribution in [3.8, 4) is 0 Å². The number of nitrogens with zero attached hydrogens (tertiary/aromatic N) is 1. The van der Waals surface area contributed by atoms with E-state index in [9.17, 15) is 0 Å². The molecule has 0 radical (unpaired) electrons. The maximum absolute atomic E-state index is 5.48. The molecule has 0 aliphatic carbocycles. The second-order valence-electron chi connectivity index (χ2n) is 4.98. The van der Waals surface area contributed by atoms with Gasteiger partial charge in [-0.1, -0.05) is 12.1 Å². The number of anilines is 1. The lowest BCUT2D eigenvalue weighted by atomic mass is 10.1. The van der Waals surface area contributed by atoms with Crippen LogP contribution in [0.25, 0.3) is 0 Å². The maximum Gasteiger partial charge on any atom is 0.0641 e. The van der Waals surface area contributed by atoms with E-state index in [0.717, 1.165) is 39.5 Å². The van der Waals surface area contributed by atoms with Crippen LogP contribution in [-0.2, 0) is 9.47 Å². The van der Waals surface area contributed by atoms with E-state index < -0.39 is 0 Å². The predicted octanol–water partition coefficient (Wildman–Crippen LogP) is 2.85. The van der Waals surface area contributed by atoms with E-state index in [0.29, 0.717) is 6.04 Å². The van der Waals surface area contributed by atoms with Gasteiger partial charge in [0.25, 0.3) is 0 Å². The molecule has 1 N–H and O–H groups in total. The summed E-state index contributed by atoms with van der Waals surface area (Å²) in [5.74, 6) is 0. The largest absolute Gasteiger partial charge is 0.380 e. The van der Waals surface area contributed by atoms with Crippen molar-refractivity contribution in [1.82, 2.24) is 5.32 Å². The Morgan fingerprint density at radius 3 is 1.95 bits per heavy atom. The van der Waals surface area contributed by atoms with Crippen molar-refractivity contribution in [2.45, 2.75) is 26.8 Å². The van der Waals surface area contributed by atoms with Crippen LogP contribution in [0, 0.1) is 0 Å². The van der Waals surface area contributed by atoms with Crippen LogP contribution >= 0.6 is 0 Å². The molecule has 0 bridgehead atoms. The van der Waals surface area contributed by atoms with Gasteiger partial charge in [-0.05, 0) is 45.5 Å². The van der Waals surface area contributed by atoms with E-state index in [-0.39, 0.29) is 0 Å². The van der Waals surface area contributed by atoms with Gasteiger partial charge in [0.2, 0.25) is 0 Å². The van der Waals surface area contributed by atoms with Gasteiger partial charge in [-0.15, -0.1) is 0 Å². The molecule has 0 aromatic heterocycles. The van der Waals surface area contributed by atoms with Crippen LogP contribution in [0.15, 0.2) is 24.3 Å². The van der Waals surface area contributed by atoms with Crippen molar-refractivity contribution in [3.63, 3.8) is 0 Å². The Labute approximate surface area is 129 Å². The number of rotatable bonds is 11. The highest BCUT2D eigenvalue weighted by molar-refractivity contribution is 5.48. The van der Waals surface area contributed by atoms with E-state index >= 15 is 0 Å². The number of hydrogen-bond donors (Lipinski definition) is 1. The lowest BCUT2D eigenvalue weighted by molar-refractivity contribution is 0.141. The molecule has 0 saturated carbocycles. The van der Waals surface area contributed by atoms with Crippen molar-refractivity contribution in [3.05, 3.63) is 29.8 Å². The van der Waals surface area contributed by atoms with Crippen LogP contribution < -0.4 is 10.2 Å². The summed E-state index contributed by atoms with van der Waals surface area (Å²) < 4.78 is 11.0. The Morgan fingerprint density at radius 2 is 1.52 bits per heavy atom. The molecule has 4 heteroatoms. The Kier molecular flexibility index (Phi) is 9.06. The van der Waals surface area contributed by atoms with Crippen LogP contribution in [0.5, 0.6) is 0 Å². The molecule has 0 amide bonds. The van der Waals surface area contributed by atoms with E-state index in [4.69, 9.17) is 9.47 Å². The summed E-state index contributed by atoms with van der Waals surface area (Å²) >= 11 is 0. The quantitative estimate of drug-likeness (QED) is 0.636. The van der Waals surface area contributed by atoms with Gasteiger partial charge in [-0.25, -0.2) is 0 Å². The van der Waals surface area contributed by atoms with Crippen LogP contribution in [0.4, 0.5) is 5.69 Å². The van der Waals surface area contributed by atoms with Crippen LogP contribution in [0.3, 0.4) is 0 Å². The number of hydrogen-bond acceptors (Lipinski definition) is 4. The lowest BCUT2D eigenvalue weighted by Gasteiger charge is -2.25. The summed E-state index contributed by atoms with van der Waals surface area (Å²) in [5.41, 5.74) is 2.53. The average molecular weight is 294 g/mol. The molecule has 1 aromatic carbocycles. The van der Waals surface area contributed by atoms with Gasteiger partial charge in [0.1, 0.15) is 0 Å². The van der Waals surface area contributed by atoms with Gasteiger partial charge >= 0.3 is 0 Å². The first-order chi connectivity index (χ1) is 10.2. The Morgan fingerprint density at radius 1 is 1.00 bits per heavy atom. The number of ether oxygens (including phenoxy) is 2. The molecule has 4 nitrogen and oxygen atoms in total. The van der Waals surface area contributed by atoms with Crippen molar-refractivity contribution in [2.75, 3.05) is 51.5 Å². The Balaban J connectivity index is 2.66. The monoisotopic (exact) mass is 294 g/mol. The third-order valence-corrected chi connectivity index (χ3v) is 3.61. The zero-order valence-electron chi connectivity index (χ0n) is 13.9. The zero-order valence-corrected chi connectivity index (χ0v) is 13.9. The molecule has 0 heterocycles. The second-order valence-corrected chi connectivity index (χ2v) is 4.98. The summed E-state index contributed by atoms with van der Waals surface area (Å²) in [6.45, 7) is 11.0. The molecular weight excluding hydrogens is 264 g/mol. The molecule has 1 aromatic rings. The van der Waals surface area contributed by atoms with E-state index in [1.807, 2.05) is 20.9 Å². The van der Waals surface area contributed by atoms with E-state index in [1.54, 1.807) is 0 Å². The molecule has 120 valence electrons. The Hall–Kier alpha value is -1.10. The minimum atomic E-state index is 0.374. The van der Waals surface area contributed by atoms with Crippen molar-refractivity contribution >= 4 is 5.69 Å². The minimum Gasteiger partial charge on any atom is -0.380 e. The summed E-state index contributed by atoms with van der Waals surface area (Å²) in [6, 6.07) is 9.11. The molecule has 0 fully saturated rings. The third kappa shape index (κ3) is 6.46. The van der Waals surface area contributed by atoms with Crippen molar-refractivity contribution in [1.29, 1.82) is 0 Å². The fraction of sp³-hybridized carbons (Fsp3) is 0.647. The topological polar surface area (TPSA) is 33.7 Å². The summed E-state index contributed by atoms with van der Waals surface area (Å²) in [7, 11) is 1.98. The summed E-state index contributed by atoms with van der Waals surface area (Å²) in [6.07, 6.45) is 0. The van der Waals surface area contributed by atoms with Gasteiger partial charge in [0.05, 0.1) is 13.2 Å². The van der Waals surface area contributed by atoms with E-state index in [1.165, 1.54) is 11.3 Å². The zero-order chi connectivity index (χ0) is 15.5. The molecule has 0 saturated heterocycles. The highest BCUT2D eigenvalue weighted by Gasteiger charge is 2.08. The highest BCUT2D eigenvalue weighted by Crippen LogP contribution is 2.19. The van der Waals surface area contributed by atoms with Gasteiger partial charge in [-0.2, -0.15) is 0 Å². The summed E-state index contributed by atoms with van der Waals surface area (Å²) in [4.78, 5) is 2.32. The van der Waals surface area contributed by atoms with Crippen LogP contribution in [-0.4, -0.2) is 46.6 Å². The Bertz CT molecular complexity index is 358. The molecule has 1 unspecified atom stereocenters. The van der Waals surface area contributed by atoms with Gasteiger partial charge < -0.3 is 19.7 Å². The average Bonchev–Trinajstić information content (AvgIpc) is 2.53. The molecular formula is C17H30N2O2. The normalized spacial score (nSPS) is 12.4. The summed E-state index contributed by atoms with van der Waals surface area (Å²) in [5, 5.41) is 3.26. The fourth-order valence-electron chi connectivity index (χ4n) is 2.15. The fourth-order valence-corrected chi connectivity index (χ4v) is 2.15. The molecule has 1 rings (SSSR count). The first-order valence-corrected chi connectivity index (χ1v) is 7.90. The van der Waals surface area contributed by atoms with Crippen LogP contribution in [0.2, 0.25) is 0 Å². The molecule has 21 heavy (non-hydrogen) atoms. The van der Waals surface area contributed by atoms with Crippen LogP contribution in [0.1, 0.15) is 32.4 Å². The molecule has 0 aliphatic heterocycles. The third-order valence-electron chi connectivity index (χ3n) is 3.61. The molecule has 0 aliphatic rings. The first kappa shape index (κ1) is 18.0. The predicted molar refractivity (Wildman–Crippen MR) is 89.1 cm³/mol. The molecule has 0 spiro atoms. The van der Waals surface area contributed by atoms with Crippen molar-refractivity contribution in [2.24, 2.45) is 0 Å². The van der Waals surface area contributed by atoms with Crippen molar-refractivity contribution < 1.29 is 9.47 Å². The standard InChI is InChI=1S/C17H30N2O2/c1-5-20-13-11-19(12-14-21-6-2)17-9-7-16(8-10-17)15(3)18-4/h7-10,15,18H,5-6,11-14H2,1-4H3. The van der Waals surface area contributed by atoms with E-state index in [2.05, 4.69) is 41.4 Å².